The van der Waals surface area contributed by atoms with E-state index in [9.17, 15) is 9.59 Å². The summed E-state index contributed by atoms with van der Waals surface area (Å²) in [6.45, 7) is 6.30. The Balaban J connectivity index is 2.72. The van der Waals surface area contributed by atoms with Gasteiger partial charge in [-0.15, -0.1) is 0 Å². The van der Waals surface area contributed by atoms with Crippen molar-refractivity contribution in [1.29, 1.82) is 0 Å². The van der Waals surface area contributed by atoms with Crippen LogP contribution in [0.2, 0.25) is 0 Å². The topological polar surface area (TPSA) is 88.1 Å². The number of carbonyl (C=O) groups excluding carboxylic acids is 1. The van der Waals surface area contributed by atoms with E-state index in [0.29, 0.717) is 18.1 Å². The van der Waals surface area contributed by atoms with Gasteiger partial charge in [-0.3, -0.25) is 4.79 Å². The van der Waals surface area contributed by atoms with Crippen molar-refractivity contribution in [2.24, 2.45) is 5.92 Å². The van der Waals surface area contributed by atoms with Crippen LogP contribution in [-0.4, -0.2) is 49.3 Å². The fourth-order valence-electron chi connectivity index (χ4n) is 2.35. The zero-order valence-electron chi connectivity index (χ0n) is 16.2. The Morgan fingerprint density at radius 2 is 1.96 bits per heavy atom. The van der Waals surface area contributed by atoms with E-state index in [-0.39, 0.29) is 18.6 Å². The number of methoxy groups -OCH3 is 1. The molecule has 0 aromatic heterocycles. The van der Waals surface area contributed by atoms with Crippen LogP contribution in [0.5, 0.6) is 11.5 Å². The van der Waals surface area contributed by atoms with Crippen molar-refractivity contribution in [2.45, 2.75) is 39.7 Å². The predicted octanol–water partition coefficient (Wildman–Crippen LogP) is 3.30. The van der Waals surface area contributed by atoms with Gasteiger partial charge in [-0.1, -0.05) is 26.3 Å². The molecule has 26 heavy (non-hydrogen) atoms. The zero-order chi connectivity index (χ0) is 19.7. The van der Waals surface area contributed by atoms with Crippen LogP contribution in [-0.2, 0) is 4.79 Å². The Bertz CT molecular complexity index is 606. The van der Waals surface area contributed by atoms with Crippen LogP contribution in [0.3, 0.4) is 0 Å². The number of urea groups is 1. The molecule has 2 amide bonds. The van der Waals surface area contributed by atoms with E-state index >= 15 is 0 Å². The maximum atomic E-state index is 12.2. The first-order chi connectivity index (χ1) is 12.3. The Morgan fingerprint density at radius 1 is 1.27 bits per heavy atom. The van der Waals surface area contributed by atoms with E-state index in [1.165, 1.54) is 4.90 Å². The number of hydrogen-bond acceptors (Lipinski definition) is 4. The van der Waals surface area contributed by atoms with Gasteiger partial charge in [0.1, 0.15) is 0 Å². The lowest BCUT2D eigenvalue weighted by atomic mass is 10.1. The number of nitrogens with zero attached hydrogens (tertiary/aromatic N) is 1. The number of hydrogen-bond donors (Lipinski definition) is 2. The number of unbranched alkanes of at least 4 members (excludes halogenated alkanes) is 1. The highest BCUT2D eigenvalue weighted by Crippen LogP contribution is 2.30. The molecule has 1 rings (SSSR count). The fourth-order valence-corrected chi connectivity index (χ4v) is 2.35. The number of amides is 2. The van der Waals surface area contributed by atoms with Gasteiger partial charge in [0.15, 0.2) is 11.5 Å². The minimum atomic E-state index is -0.930. The molecule has 7 nitrogen and oxygen atoms in total. The molecule has 2 N–H and O–H groups in total. The van der Waals surface area contributed by atoms with Gasteiger partial charge in [0, 0.05) is 13.6 Å². The molecule has 2 unspecified atom stereocenters. The second-order valence-electron chi connectivity index (χ2n) is 6.40. The molecule has 0 spiro atoms. The number of carboxylic acid groups (broad SMARTS) is 1. The van der Waals surface area contributed by atoms with Gasteiger partial charge in [0.05, 0.1) is 25.7 Å². The number of carboxylic acids is 1. The van der Waals surface area contributed by atoms with E-state index in [0.717, 1.165) is 18.4 Å². The van der Waals surface area contributed by atoms with Crippen LogP contribution in [0.4, 0.5) is 4.79 Å². The summed E-state index contributed by atoms with van der Waals surface area (Å²) in [7, 11) is 3.16. The molecule has 0 saturated carbocycles. The van der Waals surface area contributed by atoms with Gasteiger partial charge in [-0.25, -0.2) is 4.79 Å². The zero-order valence-corrected chi connectivity index (χ0v) is 16.2. The minimum absolute atomic E-state index is 0.140. The molecule has 0 aliphatic heterocycles. The van der Waals surface area contributed by atoms with E-state index < -0.39 is 11.9 Å². The van der Waals surface area contributed by atoms with Crippen molar-refractivity contribution >= 4 is 12.0 Å². The monoisotopic (exact) mass is 366 g/mol. The normalized spacial score (nSPS) is 12.8. The van der Waals surface area contributed by atoms with Gasteiger partial charge >= 0.3 is 12.0 Å². The molecule has 0 aliphatic rings. The SMILES string of the molecule is CCCCOc1ccc(C(C)NC(=O)N(C)CC(C)C(=O)O)cc1OC. The van der Waals surface area contributed by atoms with Crippen molar-refractivity contribution in [3.63, 3.8) is 0 Å². The smallest absolute Gasteiger partial charge is 0.317 e. The molecule has 146 valence electrons. The summed E-state index contributed by atoms with van der Waals surface area (Å²) in [6, 6.07) is 4.97. The molecule has 0 fully saturated rings. The molecule has 7 heteroatoms. The van der Waals surface area contributed by atoms with Crippen LogP contribution in [0, 0.1) is 5.92 Å². The summed E-state index contributed by atoms with van der Waals surface area (Å²) >= 11 is 0. The van der Waals surface area contributed by atoms with Crippen molar-refractivity contribution in [2.75, 3.05) is 27.3 Å². The van der Waals surface area contributed by atoms with Crippen LogP contribution < -0.4 is 14.8 Å². The van der Waals surface area contributed by atoms with Gasteiger partial charge in [-0.05, 0) is 31.0 Å². The third-order valence-electron chi connectivity index (χ3n) is 4.10. The average molecular weight is 366 g/mol. The standard InChI is InChI=1S/C19H30N2O5/c1-6-7-10-26-16-9-8-15(11-17(16)25-5)14(3)20-19(24)21(4)12-13(2)18(22)23/h8-9,11,13-14H,6-7,10,12H2,1-5H3,(H,20,24)(H,22,23). The number of benzene rings is 1. The van der Waals surface area contributed by atoms with Gasteiger partial charge in [-0.2, -0.15) is 0 Å². The largest absolute Gasteiger partial charge is 0.493 e. The molecule has 2 atom stereocenters. The first-order valence-electron chi connectivity index (χ1n) is 8.85. The second-order valence-corrected chi connectivity index (χ2v) is 6.40. The number of aliphatic carboxylic acids is 1. The Labute approximate surface area is 155 Å². The van der Waals surface area contributed by atoms with Gasteiger partial charge < -0.3 is 24.8 Å². The van der Waals surface area contributed by atoms with Crippen LogP contribution >= 0.6 is 0 Å². The third kappa shape index (κ3) is 6.46. The maximum Gasteiger partial charge on any atom is 0.317 e. The Morgan fingerprint density at radius 3 is 2.54 bits per heavy atom. The summed E-state index contributed by atoms with van der Waals surface area (Å²) in [5.41, 5.74) is 0.873. The first kappa shape index (κ1) is 21.6. The molecule has 0 heterocycles. The van der Waals surface area contributed by atoms with E-state index in [4.69, 9.17) is 14.6 Å². The highest BCUT2D eigenvalue weighted by Gasteiger charge is 2.19. The molecule has 0 saturated heterocycles. The fraction of sp³-hybridized carbons (Fsp3) is 0.579. The molecule has 1 aromatic carbocycles. The van der Waals surface area contributed by atoms with E-state index in [1.54, 1.807) is 21.1 Å². The second kappa shape index (κ2) is 10.5. The van der Waals surface area contributed by atoms with E-state index in [1.807, 2.05) is 25.1 Å². The molecule has 0 bridgehead atoms. The van der Waals surface area contributed by atoms with Crippen molar-refractivity contribution in [1.82, 2.24) is 10.2 Å². The summed E-state index contributed by atoms with van der Waals surface area (Å²) in [5, 5.41) is 11.8. The maximum absolute atomic E-state index is 12.2. The Hall–Kier alpha value is -2.44. The van der Waals surface area contributed by atoms with Crippen molar-refractivity contribution in [3.8, 4) is 11.5 Å². The summed E-state index contributed by atoms with van der Waals surface area (Å²) in [4.78, 5) is 24.5. The van der Waals surface area contributed by atoms with Crippen molar-refractivity contribution in [3.05, 3.63) is 23.8 Å². The van der Waals surface area contributed by atoms with Crippen LogP contribution in [0.1, 0.15) is 45.2 Å². The van der Waals surface area contributed by atoms with Gasteiger partial charge in [0.25, 0.3) is 0 Å². The minimum Gasteiger partial charge on any atom is -0.493 e. The molecule has 0 radical (unpaired) electrons. The third-order valence-corrected chi connectivity index (χ3v) is 4.10. The lowest BCUT2D eigenvalue weighted by Gasteiger charge is -2.23. The van der Waals surface area contributed by atoms with Crippen molar-refractivity contribution < 1.29 is 24.2 Å². The summed E-state index contributed by atoms with van der Waals surface area (Å²) in [6.07, 6.45) is 2.02. The van der Waals surface area contributed by atoms with Gasteiger partial charge in [0.2, 0.25) is 0 Å². The number of rotatable bonds is 10. The highest BCUT2D eigenvalue weighted by molar-refractivity contribution is 5.76. The van der Waals surface area contributed by atoms with Crippen LogP contribution in [0.15, 0.2) is 18.2 Å². The molecule has 1 aromatic rings. The average Bonchev–Trinajstić information content (AvgIpc) is 2.61. The molecule has 0 aliphatic carbocycles. The number of ether oxygens (including phenoxy) is 2. The molecular weight excluding hydrogens is 336 g/mol. The first-order valence-corrected chi connectivity index (χ1v) is 8.85. The highest BCUT2D eigenvalue weighted by atomic mass is 16.5. The molecular formula is C19H30N2O5. The lowest BCUT2D eigenvalue weighted by molar-refractivity contribution is -0.141. The predicted molar refractivity (Wildman–Crippen MR) is 99.8 cm³/mol. The quantitative estimate of drug-likeness (QED) is 0.620. The number of nitrogens with one attached hydrogen (secondary N) is 1. The summed E-state index contributed by atoms with van der Waals surface area (Å²) in [5.74, 6) is -0.259. The number of carbonyl (C=O) groups is 2. The summed E-state index contributed by atoms with van der Waals surface area (Å²) < 4.78 is 11.1. The van der Waals surface area contributed by atoms with Crippen LogP contribution in [0.25, 0.3) is 0 Å². The Kier molecular flexibility index (Phi) is 8.75. The van der Waals surface area contributed by atoms with E-state index in [2.05, 4.69) is 12.2 Å². The lowest BCUT2D eigenvalue weighted by Crippen LogP contribution is -2.41.